The summed E-state index contributed by atoms with van der Waals surface area (Å²) < 4.78 is 7.25. The van der Waals surface area contributed by atoms with Gasteiger partial charge in [0.15, 0.2) is 5.82 Å². The minimum Gasteiger partial charge on any atom is -0.492 e. The fourth-order valence-electron chi connectivity index (χ4n) is 3.98. The molecule has 1 aromatic carbocycles. The molecule has 0 spiro atoms. The summed E-state index contributed by atoms with van der Waals surface area (Å²) in [6.45, 7) is 8.51. The largest absolute Gasteiger partial charge is 0.492 e. The van der Waals surface area contributed by atoms with Crippen LogP contribution in [-0.2, 0) is 11.3 Å². The van der Waals surface area contributed by atoms with Crippen LogP contribution >= 0.6 is 23.2 Å². The maximum absolute atomic E-state index is 13.1. The maximum Gasteiger partial charge on any atom is 0.244 e. The molecule has 2 aromatic heterocycles. The molecule has 1 aliphatic rings. The third-order valence-corrected chi connectivity index (χ3v) is 6.49. The molecular weight excluding hydrogens is 463 g/mol. The van der Waals surface area contributed by atoms with Crippen LogP contribution < -0.4 is 9.64 Å². The van der Waals surface area contributed by atoms with E-state index in [2.05, 4.69) is 26.9 Å². The zero-order valence-corrected chi connectivity index (χ0v) is 20.3. The lowest BCUT2D eigenvalue weighted by Crippen LogP contribution is -2.54. The molecule has 3 heterocycles. The van der Waals surface area contributed by atoms with Gasteiger partial charge in [0.05, 0.1) is 22.3 Å². The molecule has 1 fully saturated rings. The molecule has 4 rings (SSSR count). The molecule has 0 bridgehead atoms. The molecule has 10 heteroatoms. The zero-order valence-electron chi connectivity index (χ0n) is 18.8. The quantitative estimate of drug-likeness (QED) is 0.519. The van der Waals surface area contributed by atoms with E-state index in [-0.39, 0.29) is 18.5 Å². The Morgan fingerprint density at radius 3 is 2.67 bits per heavy atom. The van der Waals surface area contributed by atoms with Crippen molar-refractivity contribution in [2.24, 2.45) is 0 Å². The average molecular weight is 489 g/mol. The number of nitrogens with zero attached hydrogens (tertiary/aromatic N) is 6. The Bertz CT molecular complexity index is 1140. The summed E-state index contributed by atoms with van der Waals surface area (Å²) >= 11 is 12.7. The Morgan fingerprint density at radius 1 is 1.21 bits per heavy atom. The molecule has 0 aliphatic carbocycles. The molecule has 3 aromatic rings. The van der Waals surface area contributed by atoms with Gasteiger partial charge in [-0.05, 0) is 39.0 Å². The summed E-state index contributed by atoms with van der Waals surface area (Å²) in [7, 11) is 0. The molecule has 1 atom stereocenters. The smallest absolute Gasteiger partial charge is 0.244 e. The number of hydrogen-bond donors (Lipinski definition) is 0. The Kier molecular flexibility index (Phi) is 7.05. The lowest BCUT2D eigenvalue weighted by atomic mass is 10.1. The van der Waals surface area contributed by atoms with Gasteiger partial charge >= 0.3 is 0 Å². The monoisotopic (exact) mass is 488 g/mol. The Hall–Kier alpha value is -2.84. The van der Waals surface area contributed by atoms with E-state index in [9.17, 15) is 4.79 Å². The molecule has 1 saturated heterocycles. The summed E-state index contributed by atoms with van der Waals surface area (Å²) in [5, 5.41) is 5.56. The third-order valence-electron chi connectivity index (χ3n) is 5.72. The van der Waals surface area contributed by atoms with Crippen LogP contribution in [-0.4, -0.2) is 62.8 Å². The van der Waals surface area contributed by atoms with Gasteiger partial charge in [0.2, 0.25) is 5.91 Å². The molecule has 8 nitrogen and oxygen atoms in total. The highest BCUT2D eigenvalue weighted by Gasteiger charge is 2.29. The molecule has 1 amide bonds. The van der Waals surface area contributed by atoms with Crippen LogP contribution in [0.4, 0.5) is 5.69 Å². The molecule has 1 aliphatic heterocycles. The van der Waals surface area contributed by atoms with Crippen LogP contribution in [0.15, 0.2) is 36.7 Å². The van der Waals surface area contributed by atoms with Crippen LogP contribution in [0, 0.1) is 6.92 Å². The molecule has 33 heavy (non-hydrogen) atoms. The summed E-state index contributed by atoms with van der Waals surface area (Å²) in [4.78, 5) is 25.7. The highest BCUT2D eigenvalue weighted by Crippen LogP contribution is 2.31. The predicted molar refractivity (Wildman–Crippen MR) is 129 cm³/mol. The van der Waals surface area contributed by atoms with Gasteiger partial charge in [0.1, 0.15) is 18.0 Å². The summed E-state index contributed by atoms with van der Waals surface area (Å²) in [6, 6.07) is 7.55. The first-order valence-corrected chi connectivity index (χ1v) is 11.6. The number of anilines is 1. The van der Waals surface area contributed by atoms with Crippen molar-refractivity contribution in [1.82, 2.24) is 24.6 Å². The Labute approximate surface area is 203 Å². The van der Waals surface area contributed by atoms with Gasteiger partial charge in [-0.1, -0.05) is 23.2 Å². The van der Waals surface area contributed by atoms with Crippen molar-refractivity contribution >= 4 is 34.8 Å². The molecular formula is C23H26Cl2N6O2. The van der Waals surface area contributed by atoms with Crippen molar-refractivity contribution < 1.29 is 9.53 Å². The number of carbonyl (C=O) groups is 1. The van der Waals surface area contributed by atoms with Crippen LogP contribution in [0.3, 0.4) is 0 Å². The molecule has 0 N–H and O–H groups in total. The minimum absolute atomic E-state index is 0.00365. The van der Waals surface area contributed by atoms with Gasteiger partial charge in [-0.2, -0.15) is 5.10 Å². The highest BCUT2D eigenvalue weighted by atomic mass is 35.5. The Morgan fingerprint density at radius 2 is 1.97 bits per heavy atom. The topological polar surface area (TPSA) is 76.4 Å². The third kappa shape index (κ3) is 4.91. The van der Waals surface area contributed by atoms with Crippen LogP contribution in [0.2, 0.25) is 10.0 Å². The molecule has 0 unspecified atom stereocenters. The highest BCUT2D eigenvalue weighted by molar-refractivity contribution is 6.33. The number of aromatic nitrogens is 4. The summed E-state index contributed by atoms with van der Waals surface area (Å²) in [6.07, 6.45) is 3.27. The van der Waals surface area contributed by atoms with Crippen molar-refractivity contribution in [3.8, 4) is 17.3 Å². The van der Waals surface area contributed by atoms with E-state index in [0.29, 0.717) is 59.2 Å². The van der Waals surface area contributed by atoms with Gasteiger partial charge < -0.3 is 14.5 Å². The number of hydrogen-bond acceptors (Lipinski definition) is 6. The van der Waals surface area contributed by atoms with E-state index >= 15 is 0 Å². The first-order chi connectivity index (χ1) is 15.9. The van der Waals surface area contributed by atoms with Crippen LogP contribution in [0.1, 0.15) is 19.5 Å². The second kappa shape index (κ2) is 9.97. The van der Waals surface area contributed by atoms with Crippen molar-refractivity contribution in [2.45, 2.75) is 33.4 Å². The van der Waals surface area contributed by atoms with Gasteiger partial charge in [-0.25, -0.2) is 9.97 Å². The lowest BCUT2D eigenvalue weighted by molar-refractivity contribution is -0.134. The van der Waals surface area contributed by atoms with Crippen molar-refractivity contribution in [2.75, 3.05) is 31.1 Å². The van der Waals surface area contributed by atoms with E-state index in [0.717, 1.165) is 5.69 Å². The SMILES string of the molecule is CCOc1cc(N2CCN(C(=O)Cn3nc(-c4ncccn4)c(Cl)c3C)[C@@H](C)C2)ccc1Cl. The average Bonchev–Trinajstić information content (AvgIpc) is 3.09. The lowest BCUT2D eigenvalue weighted by Gasteiger charge is -2.41. The molecule has 174 valence electrons. The molecule has 0 saturated carbocycles. The second-order valence-corrected chi connectivity index (χ2v) is 8.69. The second-order valence-electron chi connectivity index (χ2n) is 7.91. The fraction of sp³-hybridized carbons (Fsp3) is 0.391. The van der Waals surface area contributed by atoms with Gasteiger partial charge in [-0.3, -0.25) is 9.48 Å². The zero-order chi connectivity index (χ0) is 23.5. The number of ether oxygens (including phenoxy) is 1. The number of piperazine rings is 1. The first kappa shape index (κ1) is 23.3. The van der Waals surface area contributed by atoms with Gasteiger partial charge in [0.25, 0.3) is 0 Å². The first-order valence-electron chi connectivity index (χ1n) is 10.9. The fourth-order valence-corrected chi connectivity index (χ4v) is 4.37. The van der Waals surface area contributed by atoms with Crippen molar-refractivity contribution in [3.63, 3.8) is 0 Å². The number of carbonyl (C=O) groups excluding carboxylic acids is 1. The van der Waals surface area contributed by atoms with E-state index < -0.39 is 0 Å². The number of halogens is 2. The van der Waals surface area contributed by atoms with Crippen LogP contribution in [0.25, 0.3) is 11.5 Å². The van der Waals surface area contributed by atoms with Crippen molar-refractivity contribution in [3.05, 3.63) is 52.4 Å². The normalized spacial score (nSPS) is 16.2. The van der Waals surface area contributed by atoms with Crippen LogP contribution in [0.5, 0.6) is 5.75 Å². The standard InChI is InChI=1S/C23H26Cl2N6O2/c1-4-33-19-12-17(6-7-18(19)24)29-10-11-30(15(2)13-29)20(32)14-31-16(3)21(25)22(28-31)23-26-8-5-9-27-23/h5-9,12,15H,4,10-11,13-14H2,1-3H3/t15-/m0/s1. The van der Waals surface area contributed by atoms with E-state index in [1.807, 2.05) is 36.9 Å². The summed E-state index contributed by atoms with van der Waals surface area (Å²) in [5.74, 6) is 1.11. The van der Waals surface area contributed by atoms with E-state index in [4.69, 9.17) is 27.9 Å². The van der Waals surface area contributed by atoms with E-state index in [1.54, 1.807) is 23.1 Å². The number of amides is 1. The molecule has 0 radical (unpaired) electrons. The maximum atomic E-state index is 13.1. The van der Waals surface area contributed by atoms with Crippen molar-refractivity contribution in [1.29, 1.82) is 0 Å². The number of rotatable bonds is 6. The summed E-state index contributed by atoms with van der Waals surface area (Å²) in [5.41, 5.74) is 2.22. The minimum atomic E-state index is -0.00365. The van der Waals surface area contributed by atoms with Gasteiger partial charge in [-0.15, -0.1) is 0 Å². The Balaban J connectivity index is 1.44. The number of benzene rings is 1. The van der Waals surface area contributed by atoms with Gasteiger partial charge in [0, 0.05) is 49.8 Å². The predicted octanol–water partition coefficient (Wildman–Crippen LogP) is 4.09. The van der Waals surface area contributed by atoms with E-state index in [1.165, 1.54) is 0 Å².